The molecule has 0 unspecified atom stereocenters. The number of fused-ring (bicyclic) bond motifs is 1. The van der Waals surface area contributed by atoms with Gasteiger partial charge in [-0.1, -0.05) is 54.9 Å². The molecular formula is C23H22N4O2S. The molecule has 1 saturated carbocycles. The predicted octanol–water partition coefficient (Wildman–Crippen LogP) is 3.73. The number of nitrogens with one attached hydrogen (secondary N) is 1. The second kappa shape index (κ2) is 9.14. The summed E-state index contributed by atoms with van der Waals surface area (Å²) in [6.45, 7) is 0.375. The zero-order valence-corrected chi connectivity index (χ0v) is 17.3. The van der Waals surface area contributed by atoms with Crippen LogP contribution in [0.25, 0.3) is 10.9 Å². The van der Waals surface area contributed by atoms with E-state index in [1.807, 2.05) is 30.3 Å². The van der Waals surface area contributed by atoms with Crippen molar-refractivity contribution in [1.29, 1.82) is 5.26 Å². The minimum atomic E-state index is -0.174. The van der Waals surface area contributed by atoms with Gasteiger partial charge in [-0.25, -0.2) is 4.98 Å². The maximum Gasteiger partial charge on any atom is 0.262 e. The Bertz CT molecular complexity index is 1160. The Balaban J connectivity index is 1.71. The summed E-state index contributed by atoms with van der Waals surface area (Å²) in [7, 11) is 0. The van der Waals surface area contributed by atoms with Crippen LogP contribution in [0.1, 0.15) is 41.6 Å². The number of hydrogen-bond acceptors (Lipinski definition) is 5. The molecule has 4 rings (SSSR count). The van der Waals surface area contributed by atoms with Gasteiger partial charge in [0, 0.05) is 11.6 Å². The highest BCUT2D eigenvalue weighted by atomic mass is 32.2. The SMILES string of the molecule is N#CCSc1nc2cc(C(=O)NC3CCCC3)ccc2c(=O)n1Cc1ccccc1. The Labute approximate surface area is 178 Å². The van der Waals surface area contributed by atoms with Gasteiger partial charge in [0.25, 0.3) is 11.5 Å². The van der Waals surface area contributed by atoms with Crippen molar-refractivity contribution in [3.63, 3.8) is 0 Å². The summed E-state index contributed by atoms with van der Waals surface area (Å²) in [6, 6.07) is 17.0. The van der Waals surface area contributed by atoms with Crippen LogP contribution < -0.4 is 10.9 Å². The summed E-state index contributed by atoms with van der Waals surface area (Å²) in [5.74, 6) is 0.0551. The molecule has 2 aromatic carbocycles. The molecule has 0 atom stereocenters. The molecule has 152 valence electrons. The van der Waals surface area contributed by atoms with Crippen LogP contribution in [0.2, 0.25) is 0 Å². The van der Waals surface area contributed by atoms with Crippen LogP contribution in [0.15, 0.2) is 58.5 Å². The molecule has 0 saturated heterocycles. The fourth-order valence-electron chi connectivity index (χ4n) is 3.79. The lowest BCUT2D eigenvalue weighted by Gasteiger charge is -2.14. The average Bonchev–Trinajstić information content (AvgIpc) is 3.28. The lowest BCUT2D eigenvalue weighted by atomic mass is 10.1. The number of thioether (sulfide) groups is 1. The highest BCUT2D eigenvalue weighted by molar-refractivity contribution is 7.99. The second-order valence-electron chi connectivity index (χ2n) is 7.40. The largest absolute Gasteiger partial charge is 0.349 e. The van der Waals surface area contributed by atoms with Crippen molar-refractivity contribution in [2.24, 2.45) is 0 Å². The van der Waals surface area contributed by atoms with Crippen LogP contribution in [0.5, 0.6) is 0 Å². The topological polar surface area (TPSA) is 87.8 Å². The molecule has 0 aliphatic heterocycles. The van der Waals surface area contributed by atoms with Gasteiger partial charge >= 0.3 is 0 Å². The third-order valence-corrected chi connectivity index (χ3v) is 6.17. The molecule has 1 N–H and O–H groups in total. The van der Waals surface area contributed by atoms with Gasteiger partial charge in [-0.3, -0.25) is 14.2 Å². The molecule has 7 heteroatoms. The van der Waals surface area contributed by atoms with Crippen molar-refractivity contribution in [3.05, 3.63) is 70.0 Å². The maximum atomic E-state index is 13.2. The van der Waals surface area contributed by atoms with Gasteiger partial charge in [-0.15, -0.1) is 0 Å². The number of aromatic nitrogens is 2. The number of nitriles is 1. The van der Waals surface area contributed by atoms with Crippen LogP contribution in [0.4, 0.5) is 0 Å². The molecule has 0 spiro atoms. The first kappa shape index (κ1) is 20.2. The molecular weight excluding hydrogens is 396 g/mol. The molecule has 1 aliphatic carbocycles. The van der Waals surface area contributed by atoms with Crippen LogP contribution in [-0.4, -0.2) is 27.3 Å². The van der Waals surface area contributed by atoms with E-state index in [0.29, 0.717) is 28.2 Å². The normalized spacial score (nSPS) is 14.0. The molecule has 1 fully saturated rings. The van der Waals surface area contributed by atoms with Gasteiger partial charge in [0.05, 0.1) is 29.3 Å². The highest BCUT2D eigenvalue weighted by Crippen LogP contribution is 2.21. The van der Waals surface area contributed by atoms with Crippen molar-refractivity contribution in [2.45, 2.75) is 43.4 Å². The zero-order chi connectivity index (χ0) is 20.9. The van der Waals surface area contributed by atoms with Crippen LogP contribution in [0.3, 0.4) is 0 Å². The number of carbonyl (C=O) groups excluding carboxylic acids is 1. The van der Waals surface area contributed by atoms with Crippen molar-refractivity contribution in [1.82, 2.24) is 14.9 Å². The van der Waals surface area contributed by atoms with Crippen molar-refractivity contribution in [3.8, 4) is 6.07 Å². The summed E-state index contributed by atoms with van der Waals surface area (Å²) >= 11 is 1.23. The van der Waals surface area contributed by atoms with E-state index in [4.69, 9.17) is 5.26 Å². The fraction of sp³-hybridized carbons (Fsp3) is 0.304. The molecule has 3 aromatic rings. The second-order valence-corrected chi connectivity index (χ2v) is 8.35. The van der Waals surface area contributed by atoms with Gasteiger partial charge in [-0.2, -0.15) is 5.26 Å². The summed E-state index contributed by atoms with van der Waals surface area (Å²) in [4.78, 5) is 30.5. The lowest BCUT2D eigenvalue weighted by molar-refractivity contribution is 0.0938. The Kier molecular flexibility index (Phi) is 6.15. The molecule has 0 bridgehead atoms. The molecule has 1 amide bonds. The van der Waals surface area contributed by atoms with E-state index in [-0.39, 0.29) is 23.3 Å². The number of rotatable bonds is 6. The van der Waals surface area contributed by atoms with E-state index in [2.05, 4.69) is 16.4 Å². The minimum Gasteiger partial charge on any atom is -0.349 e. The summed E-state index contributed by atoms with van der Waals surface area (Å²) in [5, 5.41) is 13.0. The van der Waals surface area contributed by atoms with Crippen LogP contribution in [0, 0.1) is 11.3 Å². The van der Waals surface area contributed by atoms with Crippen LogP contribution in [-0.2, 0) is 6.54 Å². The molecule has 1 aromatic heterocycles. The van der Waals surface area contributed by atoms with Gasteiger partial charge in [0.1, 0.15) is 0 Å². The van der Waals surface area contributed by atoms with E-state index in [0.717, 1.165) is 31.2 Å². The smallest absolute Gasteiger partial charge is 0.262 e. The standard InChI is InChI=1S/C23H22N4O2S/c24-12-13-30-23-26-20-14-17(21(28)25-18-8-4-5-9-18)10-11-19(20)22(29)27(23)15-16-6-2-1-3-7-16/h1-3,6-7,10-11,14,18H,4-5,8-9,13,15H2,(H,25,28). The zero-order valence-electron chi connectivity index (χ0n) is 16.5. The van der Waals surface area contributed by atoms with Gasteiger partial charge in [0.15, 0.2) is 5.16 Å². The van der Waals surface area contributed by atoms with E-state index >= 15 is 0 Å². The first-order valence-electron chi connectivity index (χ1n) is 10.0. The van der Waals surface area contributed by atoms with E-state index < -0.39 is 0 Å². The van der Waals surface area contributed by atoms with E-state index in [9.17, 15) is 9.59 Å². The molecule has 6 nitrogen and oxygen atoms in total. The Morgan fingerprint density at radius 1 is 1.20 bits per heavy atom. The Morgan fingerprint density at radius 2 is 1.97 bits per heavy atom. The number of hydrogen-bond donors (Lipinski definition) is 1. The number of carbonyl (C=O) groups is 1. The predicted molar refractivity (Wildman–Crippen MR) is 118 cm³/mol. The number of nitrogens with zero attached hydrogens (tertiary/aromatic N) is 3. The van der Waals surface area contributed by atoms with Gasteiger partial charge in [-0.05, 0) is 36.6 Å². The fourth-order valence-corrected chi connectivity index (χ4v) is 4.45. The summed E-state index contributed by atoms with van der Waals surface area (Å²) in [5.41, 5.74) is 1.78. The van der Waals surface area contributed by atoms with E-state index in [1.165, 1.54) is 11.8 Å². The number of benzene rings is 2. The van der Waals surface area contributed by atoms with E-state index in [1.54, 1.807) is 22.8 Å². The van der Waals surface area contributed by atoms with Crippen molar-refractivity contribution >= 4 is 28.6 Å². The summed E-state index contributed by atoms with van der Waals surface area (Å²) in [6.07, 6.45) is 4.31. The molecule has 1 aliphatic rings. The Morgan fingerprint density at radius 3 is 2.70 bits per heavy atom. The minimum absolute atomic E-state index is 0.134. The maximum absolute atomic E-state index is 13.2. The number of amides is 1. The van der Waals surface area contributed by atoms with Gasteiger partial charge < -0.3 is 5.32 Å². The van der Waals surface area contributed by atoms with Crippen molar-refractivity contribution < 1.29 is 4.79 Å². The van der Waals surface area contributed by atoms with Crippen LogP contribution >= 0.6 is 11.8 Å². The molecule has 0 radical (unpaired) electrons. The molecule has 30 heavy (non-hydrogen) atoms. The molecule has 1 heterocycles. The monoisotopic (exact) mass is 418 g/mol. The van der Waals surface area contributed by atoms with Gasteiger partial charge in [0.2, 0.25) is 0 Å². The first-order chi connectivity index (χ1) is 14.7. The third kappa shape index (κ3) is 4.39. The third-order valence-electron chi connectivity index (χ3n) is 5.32. The first-order valence-corrected chi connectivity index (χ1v) is 11.0. The Hall–Kier alpha value is -3.11. The average molecular weight is 419 g/mol. The lowest BCUT2D eigenvalue weighted by Crippen LogP contribution is -2.32. The van der Waals surface area contributed by atoms with Crippen molar-refractivity contribution in [2.75, 3.05) is 5.75 Å². The summed E-state index contributed by atoms with van der Waals surface area (Å²) < 4.78 is 1.60. The quantitative estimate of drug-likeness (QED) is 0.487. The highest BCUT2D eigenvalue weighted by Gasteiger charge is 2.19.